The third-order valence-corrected chi connectivity index (χ3v) is 5.42. The molecular weight excluding hydrogens is 288 g/mol. The van der Waals surface area contributed by atoms with E-state index in [2.05, 4.69) is 29.4 Å². The fourth-order valence-electron chi connectivity index (χ4n) is 2.75. The maximum Gasteiger partial charge on any atom is 0.0965 e. The minimum absolute atomic E-state index is 0.495. The van der Waals surface area contributed by atoms with Crippen molar-refractivity contribution in [2.24, 2.45) is 0 Å². The lowest BCUT2D eigenvalue weighted by atomic mass is 9.76. The molecule has 1 aromatic heterocycles. The third-order valence-electron chi connectivity index (χ3n) is 4.07. The van der Waals surface area contributed by atoms with Gasteiger partial charge in [0.1, 0.15) is 0 Å². The van der Waals surface area contributed by atoms with Crippen LogP contribution in [0.1, 0.15) is 42.2 Å². The highest BCUT2D eigenvalue weighted by molar-refractivity contribution is 7.09. The molecule has 4 heteroatoms. The first-order valence-corrected chi connectivity index (χ1v) is 8.37. The average Bonchev–Trinajstić information content (AvgIpc) is 2.92. The molecule has 1 saturated carbocycles. The van der Waals surface area contributed by atoms with Gasteiger partial charge >= 0.3 is 0 Å². The highest BCUT2D eigenvalue weighted by Gasteiger charge is 2.31. The fourth-order valence-corrected chi connectivity index (χ4v) is 3.74. The SMILES string of the molecule is CC(CNC1CC(c2ccccc2Cl)C1)c1nccs1. The Hall–Kier alpha value is -0.900. The van der Waals surface area contributed by atoms with Gasteiger partial charge in [-0.2, -0.15) is 0 Å². The molecule has 0 spiro atoms. The zero-order chi connectivity index (χ0) is 13.9. The molecule has 1 aliphatic carbocycles. The van der Waals surface area contributed by atoms with E-state index in [1.165, 1.54) is 23.4 Å². The number of hydrogen-bond acceptors (Lipinski definition) is 3. The Balaban J connectivity index is 1.46. The van der Waals surface area contributed by atoms with Crippen molar-refractivity contribution >= 4 is 22.9 Å². The summed E-state index contributed by atoms with van der Waals surface area (Å²) in [5.74, 6) is 1.12. The van der Waals surface area contributed by atoms with E-state index < -0.39 is 0 Å². The molecule has 106 valence electrons. The number of benzene rings is 1. The van der Waals surface area contributed by atoms with E-state index in [1.807, 2.05) is 23.7 Å². The molecule has 2 nitrogen and oxygen atoms in total. The second-order valence-corrected chi connectivity index (χ2v) is 6.90. The van der Waals surface area contributed by atoms with Crippen LogP contribution in [0.15, 0.2) is 35.8 Å². The van der Waals surface area contributed by atoms with Gasteiger partial charge in [-0.25, -0.2) is 4.98 Å². The van der Waals surface area contributed by atoms with Crippen molar-refractivity contribution in [3.63, 3.8) is 0 Å². The molecule has 0 amide bonds. The number of aromatic nitrogens is 1. The first kappa shape index (κ1) is 14.1. The molecule has 0 bridgehead atoms. The van der Waals surface area contributed by atoms with Gasteiger partial charge in [0.15, 0.2) is 0 Å². The Morgan fingerprint density at radius 3 is 2.90 bits per heavy atom. The summed E-state index contributed by atoms with van der Waals surface area (Å²) in [6, 6.07) is 8.84. The van der Waals surface area contributed by atoms with Crippen LogP contribution in [-0.4, -0.2) is 17.6 Å². The minimum atomic E-state index is 0.495. The molecule has 0 aliphatic heterocycles. The Labute approximate surface area is 129 Å². The van der Waals surface area contributed by atoms with E-state index in [0.29, 0.717) is 17.9 Å². The van der Waals surface area contributed by atoms with E-state index in [-0.39, 0.29) is 0 Å². The largest absolute Gasteiger partial charge is 0.313 e. The quantitative estimate of drug-likeness (QED) is 0.883. The summed E-state index contributed by atoms with van der Waals surface area (Å²) in [5, 5.41) is 7.83. The predicted molar refractivity (Wildman–Crippen MR) is 85.7 cm³/mol. The molecule has 1 heterocycles. The number of rotatable bonds is 5. The Kier molecular flexibility index (Phi) is 4.39. The molecule has 3 rings (SSSR count). The highest BCUT2D eigenvalue weighted by Crippen LogP contribution is 2.40. The molecule has 1 N–H and O–H groups in total. The van der Waals surface area contributed by atoms with Crippen LogP contribution in [0.4, 0.5) is 0 Å². The Morgan fingerprint density at radius 2 is 2.20 bits per heavy atom. The van der Waals surface area contributed by atoms with Crippen LogP contribution in [0.2, 0.25) is 5.02 Å². The first-order valence-electron chi connectivity index (χ1n) is 7.11. The standard InChI is InChI=1S/C16H19ClN2S/c1-11(16-18-6-7-20-16)10-19-13-8-12(9-13)14-4-2-3-5-15(14)17/h2-7,11-13,19H,8-10H2,1H3. The van der Waals surface area contributed by atoms with E-state index in [9.17, 15) is 0 Å². The van der Waals surface area contributed by atoms with Crippen molar-refractivity contribution in [2.45, 2.75) is 37.6 Å². The number of hydrogen-bond donors (Lipinski definition) is 1. The number of thiazole rings is 1. The van der Waals surface area contributed by atoms with Crippen LogP contribution >= 0.6 is 22.9 Å². The van der Waals surface area contributed by atoms with Crippen molar-refractivity contribution in [1.29, 1.82) is 0 Å². The van der Waals surface area contributed by atoms with Gasteiger partial charge in [0.25, 0.3) is 0 Å². The summed E-state index contributed by atoms with van der Waals surface area (Å²) < 4.78 is 0. The fraction of sp³-hybridized carbons (Fsp3) is 0.438. The second kappa shape index (κ2) is 6.25. The lowest BCUT2D eigenvalue weighted by Gasteiger charge is -2.37. The molecule has 1 fully saturated rings. The van der Waals surface area contributed by atoms with Crippen molar-refractivity contribution in [3.8, 4) is 0 Å². The molecule has 1 aliphatic rings. The molecule has 2 aromatic rings. The lowest BCUT2D eigenvalue weighted by Crippen LogP contribution is -2.41. The van der Waals surface area contributed by atoms with Gasteiger partial charge in [0.05, 0.1) is 5.01 Å². The summed E-state index contributed by atoms with van der Waals surface area (Å²) >= 11 is 7.99. The van der Waals surface area contributed by atoms with Crippen LogP contribution in [0.3, 0.4) is 0 Å². The molecular formula is C16H19ClN2S. The van der Waals surface area contributed by atoms with Gasteiger partial charge in [-0.05, 0) is 30.4 Å². The average molecular weight is 307 g/mol. The van der Waals surface area contributed by atoms with Crippen molar-refractivity contribution in [1.82, 2.24) is 10.3 Å². The third kappa shape index (κ3) is 3.05. The molecule has 0 saturated heterocycles. The van der Waals surface area contributed by atoms with Crippen molar-refractivity contribution in [3.05, 3.63) is 51.4 Å². The van der Waals surface area contributed by atoms with E-state index >= 15 is 0 Å². The normalized spacial score (nSPS) is 23.3. The summed E-state index contributed by atoms with van der Waals surface area (Å²) in [4.78, 5) is 4.37. The second-order valence-electron chi connectivity index (χ2n) is 5.57. The summed E-state index contributed by atoms with van der Waals surface area (Å²) in [6.45, 7) is 3.24. The van der Waals surface area contributed by atoms with Gasteiger partial charge in [-0.3, -0.25) is 0 Å². The summed E-state index contributed by atoms with van der Waals surface area (Å²) in [7, 11) is 0. The smallest absolute Gasteiger partial charge is 0.0965 e. The van der Waals surface area contributed by atoms with Gasteiger partial charge in [0.2, 0.25) is 0 Å². The van der Waals surface area contributed by atoms with Crippen LogP contribution in [-0.2, 0) is 0 Å². The van der Waals surface area contributed by atoms with Crippen LogP contribution in [0.5, 0.6) is 0 Å². The lowest BCUT2D eigenvalue weighted by molar-refractivity contribution is 0.287. The van der Waals surface area contributed by atoms with E-state index in [1.54, 1.807) is 11.3 Å². The van der Waals surface area contributed by atoms with Gasteiger partial charge in [-0.1, -0.05) is 36.7 Å². The highest BCUT2D eigenvalue weighted by atomic mass is 35.5. The van der Waals surface area contributed by atoms with Gasteiger partial charge in [0, 0.05) is 35.1 Å². The topological polar surface area (TPSA) is 24.9 Å². The maximum atomic E-state index is 6.25. The minimum Gasteiger partial charge on any atom is -0.313 e. The van der Waals surface area contributed by atoms with Gasteiger partial charge < -0.3 is 5.32 Å². The van der Waals surface area contributed by atoms with Crippen LogP contribution in [0.25, 0.3) is 0 Å². The zero-order valence-corrected chi connectivity index (χ0v) is 13.1. The predicted octanol–water partition coefficient (Wildman–Crippen LogP) is 4.44. The number of nitrogens with zero attached hydrogens (tertiary/aromatic N) is 1. The zero-order valence-electron chi connectivity index (χ0n) is 11.6. The maximum absolute atomic E-state index is 6.25. The summed E-state index contributed by atoms with van der Waals surface area (Å²) in [6.07, 6.45) is 4.26. The molecule has 20 heavy (non-hydrogen) atoms. The molecule has 1 unspecified atom stereocenters. The molecule has 1 atom stereocenters. The van der Waals surface area contributed by atoms with E-state index in [0.717, 1.165) is 11.6 Å². The van der Waals surface area contributed by atoms with Crippen LogP contribution in [0, 0.1) is 0 Å². The Bertz CT molecular complexity index is 549. The monoisotopic (exact) mass is 306 g/mol. The number of nitrogens with one attached hydrogen (secondary N) is 1. The molecule has 0 radical (unpaired) electrons. The van der Waals surface area contributed by atoms with Crippen LogP contribution < -0.4 is 5.32 Å². The first-order chi connectivity index (χ1) is 9.74. The Morgan fingerprint density at radius 1 is 1.40 bits per heavy atom. The van der Waals surface area contributed by atoms with E-state index in [4.69, 9.17) is 11.6 Å². The molecule has 1 aromatic carbocycles. The summed E-state index contributed by atoms with van der Waals surface area (Å²) in [5.41, 5.74) is 1.31. The van der Waals surface area contributed by atoms with Crippen molar-refractivity contribution < 1.29 is 0 Å². The number of halogens is 1. The van der Waals surface area contributed by atoms with Gasteiger partial charge in [-0.15, -0.1) is 11.3 Å². The van der Waals surface area contributed by atoms with Crippen molar-refractivity contribution in [2.75, 3.05) is 6.54 Å².